The first-order valence-corrected chi connectivity index (χ1v) is 13.0. The SMILES string of the molecule is COc1ccc(C(=O)N2CCN(c3ccccc3)CC2)cc1S(=O)(=O)N1C[C@H](C)C[C@@H](C)C1. The fourth-order valence-corrected chi connectivity index (χ4v) is 6.80. The number of hydrogen-bond donors (Lipinski definition) is 0. The van der Waals surface area contributed by atoms with Crippen LogP contribution in [0, 0.1) is 11.8 Å². The summed E-state index contributed by atoms with van der Waals surface area (Å²) in [7, 11) is -2.31. The molecule has 2 saturated heterocycles. The van der Waals surface area contributed by atoms with Crippen molar-refractivity contribution in [1.29, 1.82) is 0 Å². The van der Waals surface area contributed by atoms with Gasteiger partial charge in [-0.15, -0.1) is 0 Å². The van der Waals surface area contributed by atoms with E-state index < -0.39 is 10.0 Å². The third kappa shape index (κ3) is 5.01. The van der Waals surface area contributed by atoms with Crippen LogP contribution in [0.15, 0.2) is 53.4 Å². The number of methoxy groups -OCH3 is 1. The molecule has 2 aromatic rings. The van der Waals surface area contributed by atoms with E-state index in [9.17, 15) is 13.2 Å². The number of para-hydroxylation sites is 1. The maximum absolute atomic E-state index is 13.5. The van der Waals surface area contributed by atoms with Crippen molar-refractivity contribution in [2.24, 2.45) is 11.8 Å². The Hall–Kier alpha value is -2.58. The Labute approximate surface area is 197 Å². The minimum absolute atomic E-state index is 0.0695. The predicted molar refractivity (Wildman–Crippen MR) is 129 cm³/mol. The van der Waals surface area contributed by atoms with Gasteiger partial charge in [-0.2, -0.15) is 4.31 Å². The lowest BCUT2D eigenvalue weighted by Crippen LogP contribution is -2.48. The molecule has 33 heavy (non-hydrogen) atoms. The number of piperidine rings is 1. The lowest BCUT2D eigenvalue weighted by atomic mass is 9.94. The van der Waals surface area contributed by atoms with Gasteiger partial charge < -0.3 is 14.5 Å². The van der Waals surface area contributed by atoms with E-state index in [0.717, 1.165) is 25.2 Å². The second kappa shape index (κ2) is 9.73. The van der Waals surface area contributed by atoms with Crippen LogP contribution in [0.25, 0.3) is 0 Å². The molecule has 8 heteroatoms. The number of anilines is 1. The van der Waals surface area contributed by atoms with Crippen molar-refractivity contribution >= 4 is 21.6 Å². The number of benzene rings is 2. The summed E-state index contributed by atoms with van der Waals surface area (Å²) in [5.74, 6) is 0.703. The smallest absolute Gasteiger partial charge is 0.254 e. The molecular weight excluding hydrogens is 438 g/mol. The number of piperazine rings is 1. The van der Waals surface area contributed by atoms with Crippen molar-refractivity contribution in [2.45, 2.75) is 25.2 Å². The van der Waals surface area contributed by atoms with Gasteiger partial charge in [-0.25, -0.2) is 8.42 Å². The van der Waals surface area contributed by atoms with Crippen LogP contribution < -0.4 is 9.64 Å². The number of rotatable bonds is 5. The quantitative estimate of drug-likeness (QED) is 0.669. The maximum Gasteiger partial charge on any atom is 0.254 e. The molecule has 0 radical (unpaired) electrons. The normalized spacial score (nSPS) is 22.3. The Morgan fingerprint density at radius 2 is 1.58 bits per heavy atom. The summed E-state index contributed by atoms with van der Waals surface area (Å²) < 4.78 is 34.0. The monoisotopic (exact) mass is 471 g/mol. The van der Waals surface area contributed by atoms with Crippen LogP contribution >= 0.6 is 0 Å². The fourth-order valence-electron chi connectivity index (χ4n) is 4.94. The molecule has 0 spiro atoms. The van der Waals surface area contributed by atoms with Crippen molar-refractivity contribution in [3.8, 4) is 5.75 Å². The molecule has 0 bridgehead atoms. The lowest BCUT2D eigenvalue weighted by molar-refractivity contribution is 0.0746. The first kappa shape index (κ1) is 23.6. The molecule has 0 aromatic heterocycles. The predicted octanol–water partition coefficient (Wildman–Crippen LogP) is 3.32. The van der Waals surface area contributed by atoms with Gasteiger partial charge in [0.05, 0.1) is 7.11 Å². The zero-order valence-electron chi connectivity index (χ0n) is 19.6. The zero-order chi connectivity index (χ0) is 23.6. The summed E-state index contributed by atoms with van der Waals surface area (Å²) in [6, 6.07) is 14.9. The van der Waals surface area contributed by atoms with Crippen molar-refractivity contribution in [1.82, 2.24) is 9.21 Å². The van der Waals surface area contributed by atoms with Crippen LogP contribution in [-0.2, 0) is 10.0 Å². The van der Waals surface area contributed by atoms with E-state index in [-0.39, 0.29) is 16.6 Å². The first-order valence-electron chi connectivity index (χ1n) is 11.6. The van der Waals surface area contributed by atoms with Crippen LogP contribution in [-0.4, -0.2) is 69.9 Å². The molecule has 2 heterocycles. The number of hydrogen-bond acceptors (Lipinski definition) is 5. The molecule has 0 aliphatic carbocycles. The molecule has 2 aliphatic heterocycles. The van der Waals surface area contributed by atoms with E-state index >= 15 is 0 Å². The summed E-state index contributed by atoms with van der Waals surface area (Å²) in [6.45, 7) is 7.76. The van der Waals surface area contributed by atoms with E-state index in [4.69, 9.17) is 4.74 Å². The van der Waals surface area contributed by atoms with E-state index in [2.05, 4.69) is 30.9 Å². The number of carbonyl (C=O) groups excluding carboxylic acids is 1. The third-order valence-electron chi connectivity index (χ3n) is 6.55. The lowest BCUT2D eigenvalue weighted by Gasteiger charge is -2.36. The Bertz CT molecular complexity index is 1070. The average molecular weight is 472 g/mol. The largest absolute Gasteiger partial charge is 0.495 e. The molecule has 7 nitrogen and oxygen atoms in total. The molecule has 0 N–H and O–H groups in total. The fraction of sp³-hybridized carbons (Fsp3) is 0.480. The molecule has 2 aliphatic rings. The van der Waals surface area contributed by atoms with Crippen LogP contribution in [0.1, 0.15) is 30.6 Å². The standard InChI is InChI=1S/C25H33N3O4S/c1-19-15-20(2)18-28(17-19)33(30,31)24-16-21(9-10-23(24)32-3)25(29)27-13-11-26(12-14-27)22-7-5-4-6-8-22/h4-10,16,19-20H,11-15,17-18H2,1-3H3/t19-,20-/m1/s1. The van der Waals surface area contributed by atoms with E-state index in [0.29, 0.717) is 43.6 Å². The van der Waals surface area contributed by atoms with Crippen LogP contribution in [0.5, 0.6) is 5.75 Å². The van der Waals surface area contributed by atoms with Gasteiger partial charge in [0.15, 0.2) is 0 Å². The molecule has 2 aromatic carbocycles. The second-order valence-electron chi connectivity index (χ2n) is 9.25. The summed E-state index contributed by atoms with van der Waals surface area (Å²) >= 11 is 0. The number of amides is 1. The highest BCUT2D eigenvalue weighted by atomic mass is 32.2. The van der Waals surface area contributed by atoms with Gasteiger partial charge in [-0.3, -0.25) is 4.79 Å². The van der Waals surface area contributed by atoms with Crippen LogP contribution in [0.2, 0.25) is 0 Å². The van der Waals surface area contributed by atoms with Crippen molar-refractivity contribution in [2.75, 3.05) is 51.3 Å². The molecule has 1 amide bonds. The summed E-state index contributed by atoms with van der Waals surface area (Å²) in [6.07, 6.45) is 1.01. The Morgan fingerprint density at radius 3 is 2.18 bits per heavy atom. The second-order valence-corrected chi connectivity index (χ2v) is 11.2. The number of carbonyl (C=O) groups is 1. The topological polar surface area (TPSA) is 70.2 Å². The molecule has 0 unspecified atom stereocenters. The molecule has 2 fully saturated rings. The minimum atomic E-state index is -3.77. The van der Waals surface area contributed by atoms with Gasteiger partial charge >= 0.3 is 0 Å². The highest BCUT2D eigenvalue weighted by Gasteiger charge is 2.34. The third-order valence-corrected chi connectivity index (χ3v) is 8.40. The van der Waals surface area contributed by atoms with Gasteiger partial charge in [0.2, 0.25) is 10.0 Å². The van der Waals surface area contributed by atoms with Gasteiger partial charge in [0, 0.05) is 50.5 Å². The molecule has 178 valence electrons. The van der Waals surface area contributed by atoms with Gasteiger partial charge in [0.25, 0.3) is 5.91 Å². The van der Waals surface area contributed by atoms with E-state index in [1.54, 1.807) is 17.0 Å². The van der Waals surface area contributed by atoms with Crippen LogP contribution in [0.3, 0.4) is 0 Å². The van der Waals surface area contributed by atoms with Gasteiger partial charge in [0.1, 0.15) is 10.6 Å². The molecular formula is C25H33N3O4S. The van der Waals surface area contributed by atoms with E-state index in [1.807, 2.05) is 18.2 Å². The molecule has 2 atom stereocenters. The molecule has 0 saturated carbocycles. The highest BCUT2D eigenvalue weighted by Crippen LogP contribution is 2.32. The summed E-state index contributed by atoms with van der Waals surface area (Å²) in [5.41, 5.74) is 1.52. The Balaban J connectivity index is 1.53. The number of sulfonamides is 1. The number of nitrogens with zero attached hydrogens (tertiary/aromatic N) is 3. The Kier molecular flexibility index (Phi) is 6.95. The summed E-state index contributed by atoms with van der Waals surface area (Å²) in [4.78, 5) is 17.4. The highest BCUT2D eigenvalue weighted by molar-refractivity contribution is 7.89. The van der Waals surface area contributed by atoms with Crippen LogP contribution in [0.4, 0.5) is 5.69 Å². The minimum Gasteiger partial charge on any atom is -0.495 e. The van der Waals surface area contributed by atoms with E-state index in [1.165, 1.54) is 17.5 Å². The average Bonchev–Trinajstić information content (AvgIpc) is 2.83. The molecule has 4 rings (SSSR count). The zero-order valence-corrected chi connectivity index (χ0v) is 20.4. The summed E-state index contributed by atoms with van der Waals surface area (Å²) in [5, 5.41) is 0. The Morgan fingerprint density at radius 1 is 0.939 bits per heavy atom. The first-order chi connectivity index (χ1) is 15.8. The number of ether oxygens (including phenoxy) is 1. The van der Waals surface area contributed by atoms with Gasteiger partial charge in [-0.05, 0) is 48.6 Å². The van der Waals surface area contributed by atoms with Gasteiger partial charge in [-0.1, -0.05) is 32.0 Å². The van der Waals surface area contributed by atoms with Crippen molar-refractivity contribution in [3.63, 3.8) is 0 Å². The van der Waals surface area contributed by atoms with Crippen molar-refractivity contribution < 1.29 is 17.9 Å². The maximum atomic E-state index is 13.5. The van der Waals surface area contributed by atoms with Crippen molar-refractivity contribution in [3.05, 3.63) is 54.1 Å².